The van der Waals surface area contributed by atoms with Crippen LogP contribution in [0.5, 0.6) is 0 Å². The molecule has 0 saturated carbocycles. The van der Waals surface area contributed by atoms with E-state index in [1.54, 1.807) is 0 Å². The van der Waals surface area contributed by atoms with Crippen LogP contribution in [0, 0.1) is 0 Å². The standard InChI is InChI=1S/C12H18O9/c1-5(14)12(18)2-6(4-19-12)20-11-10(17)9(16)8(15)7(3-13)21-11/h2,7-11,13,15-18H,3-4H2,1H3. The summed E-state index contributed by atoms with van der Waals surface area (Å²) in [6, 6.07) is 0. The Labute approximate surface area is 120 Å². The summed E-state index contributed by atoms with van der Waals surface area (Å²) in [5, 5.41) is 47.8. The van der Waals surface area contributed by atoms with E-state index in [2.05, 4.69) is 0 Å². The van der Waals surface area contributed by atoms with Crippen LogP contribution in [0.4, 0.5) is 0 Å². The second-order valence-electron chi connectivity index (χ2n) is 4.97. The molecule has 120 valence electrons. The lowest BCUT2D eigenvalue weighted by molar-refractivity contribution is -0.292. The molecule has 5 N–H and O–H groups in total. The van der Waals surface area contributed by atoms with Gasteiger partial charge in [-0.3, -0.25) is 4.79 Å². The van der Waals surface area contributed by atoms with Gasteiger partial charge in [0.15, 0.2) is 5.78 Å². The SMILES string of the molecule is CC(=O)C1(O)C=C(OC2OC(CO)C(O)C(O)C2O)CO1. The van der Waals surface area contributed by atoms with Crippen molar-refractivity contribution in [1.29, 1.82) is 0 Å². The molecule has 2 aliphatic rings. The highest BCUT2D eigenvalue weighted by Crippen LogP contribution is 2.28. The predicted octanol–water partition coefficient (Wildman–Crippen LogP) is -3.01. The summed E-state index contributed by atoms with van der Waals surface area (Å²) >= 11 is 0. The number of Topliss-reactive ketones (excluding diaryl/α,β-unsaturated/α-hetero) is 1. The van der Waals surface area contributed by atoms with Gasteiger partial charge in [0.25, 0.3) is 5.79 Å². The van der Waals surface area contributed by atoms with E-state index in [-0.39, 0.29) is 12.4 Å². The molecule has 1 fully saturated rings. The third kappa shape index (κ3) is 3.09. The number of ketones is 1. The number of hydrogen-bond donors (Lipinski definition) is 5. The maximum Gasteiger partial charge on any atom is 0.250 e. The molecule has 6 unspecified atom stereocenters. The zero-order valence-electron chi connectivity index (χ0n) is 11.2. The van der Waals surface area contributed by atoms with E-state index < -0.39 is 48.9 Å². The lowest BCUT2D eigenvalue weighted by atomic mass is 9.99. The second-order valence-corrected chi connectivity index (χ2v) is 4.97. The number of aliphatic hydroxyl groups is 5. The van der Waals surface area contributed by atoms with Gasteiger partial charge in [0, 0.05) is 13.0 Å². The smallest absolute Gasteiger partial charge is 0.250 e. The molecule has 21 heavy (non-hydrogen) atoms. The van der Waals surface area contributed by atoms with Gasteiger partial charge in [-0.15, -0.1) is 0 Å². The van der Waals surface area contributed by atoms with Crippen molar-refractivity contribution in [2.75, 3.05) is 13.2 Å². The summed E-state index contributed by atoms with van der Waals surface area (Å²) in [7, 11) is 0. The van der Waals surface area contributed by atoms with Gasteiger partial charge < -0.3 is 39.7 Å². The Morgan fingerprint density at radius 2 is 2.05 bits per heavy atom. The summed E-state index contributed by atoms with van der Waals surface area (Å²) in [6.07, 6.45) is -6.11. The van der Waals surface area contributed by atoms with Crippen molar-refractivity contribution < 1.29 is 44.5 Å². The summed E-state index contributed by atoms with van der Waals surface area (Å²) in [5.74, 6) is -2.71. The molecule has 9 nitrogen and oxygen atoms in total. The zero-order chi connectivity index (χ0) is 15.8. The van der Waals surface area contributed by atoms with Crippen LogP contribution in [0.3, 0.4) is 0 Å². The first kappa shape index (κ1) is 16.3. The first-order valence-electron chi connectivity index (χ1n) is 6.35. The molecule has 0 aromatic carbocycles. The summed E-state index contributed by atoms with van der Waals surface area (Å²) in [4.78, 5) is 11.2. The van der Waals surface area contributed by atoms with Crippen molar-refractivity contribution >= 4 is 5.78 Å². The molecule has 9 heteroatoms. The lowest BCUT2D eigenvalue weighted by Crippen LogP contribution is -2.59. The van der Waals surface area contributed by atoms with Gasteiger partial charge in [0.1, 0.15) is 36.8 Å². The molecule has 0 bridgehead atoms. The fourth-order valence-electron chi connectivity index (χ4n) is 2.07. The van der Waals surface area contributed by atoms with Gasteiger partial charge in [0.2, 0.25) is 6.29 Å². The highest BCUT2D eigenvalue weighted by atomic mass is 16.7. The Morgan fingerprint density at radius 1 is 1.38 bits per heavy atom. The van der Waals surface area contributed by atoms with Gasteiger partial charge in [-0.1, -0.05) is 0 Å². The Kier molecular flexibility index (Phi) is 4.63. The van der Waals surface area contributed by atoms with Crippen molar-refractivity contribution in [1.82, 2.24) is 0 Å². The quantitative estimate of drug-likeness (QED) is 0.366. The van der Waals surface area contributed by atoms with Crippen LogP contribution in [0.2, 0.25) is 0 Å². The molecule has 0 aliphatic carbocycles. The van der Waals surface area contributed by atoms with E-state index >= 15 is 0 Å². The van der Waals surface area contributed by atoms with Crippen molar-refractivity contribution in [3.05, 3.63) is 11.8 Å². The van der Waals surface area contributed by atoms with Crippen LogP contribution >= 0.6 is 0 Å². The highest BCUT2D eigenvalue weighted by molar-refractivity contribution is 5.85. The van der Waals surface area contributed by atoms with E-state index in [9.17, 15) is 25.2 Å². The van der Waals surface area contributed by atoms with Gasteiger partial charge in [-0.05, 0) is 0 Å². The highest BCUT2D eigenvalue weighted by Gasteiger charge is 2.46. The van der Waals surface area contributed by atoms with Crippen LogP contribution in [0.1, 0.15) is 6.92 Å². The molecule has 2 heterocycles. The molecule has 0 spiro atoms. The molecule has 2 rings (SSSR count). The van der Waals surface area contributed by atoms with E-state index in [4.69, 9.17) is 19.3 Å². The Balaban J connectivity index is 2.07. The van der Waals surface area contributed by atoms with Crippen LogP contribution in [0.25, 0.3) is 0 Å². The normalized spacial score (nSPS) is 43.5. The summed E-state index contributed by atoms with van der Waals surface area (Å²) < 4.78 is 15.2. The molecule has 0 aromatic rings. The summed E-state index contributed by atoms with van der Waals surface area (Å²) in [5.41, 5.74) is 0. The number of carbonyl (C=O) groups excluding carboxylic acids is 1. The molecule has 0 amide bonds. The Hall–Kier alpha value is -1.07. The molecule has 1 saturated heterocycles. The minimum Gasteiger partial charge on any atom is -0.464 e. The maximum atomic E-state index is 11.2. The number of ether oxygens (including phenoxy) is 3. The first-order chi connectivity index (χ1) is 9.78. The first-order valence-corrected chi connectivity index (χ1v) is 6.35. The third-order valence-electron chi connectivity index (χ3n) is 3.41. The van der Waals surface area contributed by atoms with Crippen molar-refractivity contribution in [2.45, 2.75) is 43.4 Å². The van der Waals surface area contributed by atoms with E-state index in [0.717, 1.165) is 13.0 Å². The Morgan fingerprint density at radius 3 is 2.57 bits per heavy atom. The second kappa shape index (κ2) is 5.97. The van der Waals surface area contributed by atoms with Crippen LogP contribution in [0.15, 0.2) is 11.8 Å². The number of carbonyl (C=O) groups is 1. The number of hydrogen-bond acceptors (Lipinski definition) is 9. The predicted molar refractivity (Wildman–Crippen MR) is 64.5 cm³/mol. The zero-order valence-corrected chi connectivity index (χ0v) is 11.2. The molecule has 6 atom stereocenters. The topological polar surface area (TPSA) is 146 Å². The number of rotatable bonds is 4. The average molecular weight is 306 g/mol. The van der Waals surface area contributed by atoms with Gasteiger partial charge in [-0.25, -0.2) is 0 Å². The van der Waals surface area contributed by atoms with Crippen LogP contribution in [-0.2, 0) is 19.0 Å². The number of aliphatic hydroxyl groups excluding tert-OH is 4. The largest absolute Gasteiger partial charge is 0.464 e. The van der Waals surface area contributed by atoms with Gasteiger partial charge >= 0.3 is 0 Å². The van der Waals surface area contributed by atoms with Gasteiger partial charge in [0.05, 0.1) is 6.61 Å². The van der Waals surface area contributed by atoms with E-state index in [1.807, 2.05) is 0 Å². The molecular formula is C12H18O9. The van der Waals surface area contributed by atoms with Gasteiger partial charge in [-0.2, -0.15) is 0 Å². The van der Waals surface area contributed by atoms with E-state index in [1.165, 1.54) is 0 Å². The molecule has 2 aliphatic heterocycles. The fourth-order valence-corrected chi connectivity index (χ4v) is 2.07. The van der Waals surface area contributed by atoms with Crippen molar-refractivity contribution in [3.63, 3.8) is 0 Å². The third-order valence-corrected chi connectivity index (χ3v) is 3.41. The minimum atomic E-state index is -2.09. The fraction of sp³-hybridized carbons (Fsp3) is 0.750. The summed E-state index contributed by atoms with van der Waals surface area (Å²) in [6.45, 7) is 0.316. The monoisotopic (exact) mass is 306 g/mol. The minimum absolute atomic E-state index is 0.0250. The molecular weight excluding hydrogens is 288 g/mol. The molecule has 0 aromatic heterocycles. The lowest BCUT2D eigenvalue weighted by Gasteiger charge is -2.39. The van der Waals surface area contributed by atoms with Crippen molar-refractivity contribution in [3.8, 4) is 0 Å². The Bertz CT molecular complexity index is 434. The molecule has 0 radical (unpaired) electrons. The maximum absolute atomic E-state index is 11.2. The van der Waals surface area contributed by atoms with Crippen LogP contribution in [-0.4, -0.2) is 81.0 Å². The van der Waals surface area contributed by atoms with Crippen LogP contribution < -0.4 is 0 Å². The van der Waals surface area contributed by atoms with Crippen molar-refractivity contribution in [2.24, 2.45) is 0 Å². The van der Waals surface area contributed by atoms with E-state index in [0.29, 0.717) is 0 Å². The average Bonchev–Trinajstić information content (AvgIpc) is 2.82.